The number of pyridine rings is 2. The van der Waals surface area contributed by atoms with E-state index in [4.69, 9.17) is 0 Å². The fraction of sp³-hybridized carbons (Fsp3) is 0.400. The van der Waals surface area contributed by atoms with Crippen LogP contribution in [0.4, 0.5) is 8.78 Å². The van der Waals surface area contributed by atoms with Crippen molar-refractivity contribution in [1.29, 1.82) is 0 Å². The Bertz CT molecular complexity index is 1190. The van der Waals surface area contributed by atoms with E-state index >= 15 is 0 Å². The number of rotatable bonds is 5. The summed E-state index contributed by atoms with van der Waals surface area (Å²) in [7, 11) is 0. The fourth-order valence-electron chi connectivity index (χ4n) is 5.16. The highest BCUT2D eigenvalue weighted by Crippen LogP contribution is 2.33. The number of benzene rings is 1. The highest BCUT2D eigenvalue weighted by atomic mass is 19.3. The highest BCUT2D eigenvalue weighted by molar-refractivity contribution is 6.03. The van der Waals surface area contributed by atoms with Crippen LogP contribution in [-0.2, 0) is 12.8 Å². The van der Waals surface area contributed by atoms with Crippen molar-refractivity contribution < 1.29 is 23.4 Å². The van der Waals surface area contributed by atoms with Gasteiger partial charge in [0.25, 0.3) is 5.91 Å². The van der Waals surface area contributed by atoms with Gasteiger partial charge in [-0.3, -0.25) is 9.78 Å². The first-order chi connectivity index (χ1) is 16.0. The van der Waals surface area contributed by atoms with Gasteiger partial charge in [-0.15, -0.1) is 0 Å². The predicted octanol–water partition coefficient (Wildman–Crippen LogP) is 4.12. The smallest absolute Gasteiger partial charge is 0.388 e. The van der Waals surface area contributed by atoms with E-state index in [1.165, 1.54) is 12.3 Å². The molecule has 0 bridgehead atoms. The molecule has 3 heterocycles. The first kappa shape index (κ1) is 21.7. The molecular weight excluding hydrogens is 428 g/mol. The van der Waals surface area contributed by atoms with Gasteiger partial charge in [0.1, 0.15) is 0 Å². The highest BCUT2D eigenvalue weighted by Gasteiger charge is 2.36. The Labute approximate surface area is 190 Å². The predicted molar refractivity (Wildman–Crippen MR) is 118 cm³/mol. The van der Waals surface area contributed by atoms with Crippen molar-refractivity contribution in [2.45, 2.75) is 57.3 Å². The summed E-state index contributed by atoms with van der Waals surface area (Å²) in [4.78, 5) is 23.8. The first-order valence-corrected chi connectivity index (χ1v) is 11.3. The van der Waals surface area contributed by atoms with E-state index in [9.17, 15) is 18.7 Å². The zero-order valence-corrected chi connectivity index (χ0v) is 18.1. The molecule has 33 heavy (non-hydrogen) atoms. The van der Waals surface area contributed by atoms with Crippen molar-refractivity contribution in [3.05, 3.63) is 65.0 Å². The molecule has 1 saturated carbocycles. The van der Waals surface area contributed by atoms with Gasteiger partial charge in [-0.05, 0) is 60.6 Å². The largest absolute Gasteiger partial charge is 0.417 e. The van der Waals surface area contributed by atoms with Crippen LogP contribution >= 0.6 is 0 Å². The van der Waals surface area contributed by atoms with Crippen LogP contribution in [-0.4, -0.2) is 51.2 Å². The van der Waals surface area contributed by atoms with E-state index in [0.29, 0.717) is 24.9 Å². The van der Waals surface area contributed by atoms with Gasteiger partial charge in [-0.1, -0.05) is 18.9 Å². The molecule has 2 aromatic heterocycles. The van der Waals surface area contributed by atoms with E-state index in [2.05, 4.69) is 14.7 Å². The van der Waals surface area contributed by atoms with Crippen molar-refractivity contribution in [2.24, 2.45) is 0 Å². The monoisotopic (exact) mass is 453 g/mol. The lowest BCUT2D eigenvalue weighted by Gasteiger charge is -2.40. The molecule has 2 unspecified atom stereocenters. The van der Waals surface area contributed by atoms with Crippen LogP contribution in [0.2, 0.25) is 0 Å². The summed E-state index contributed by atoms with van der Waals surface area (Å²) in [6, 6.07) is 8.80. The van der Waals surface area contributed by atoms with Crippen molar-refractivity contribution in [2.75, 3.05) is 6.54 Å². The minimum absolute atomic E-state index is 0.0764. The fourth-order valence-corrected chi connectivity index (χ4v) is 5.16. The molecule has 3 aromatic rings. The van der Waals surface area contributed by atoms with Crippen LogP contribution in [0.5, 0.6) is 5.88 Å². The number of fused-ring (bicyclic) bond motifs is 3. The van der Waals surface area contributed by atoms with Gasteiger partial charge in [0.2, 0.25) is 5.88 Å². The third-order valence-corrected chi connectivity index (χ3v) is 6.68. The van der Waals surface area contributed by atoms with Crippen molar-refractivity contribution in [3.63, 3.8) is 0 Å². The SMILES string of the molecule is O=C1c2cc(Cc3ccnc(OC(F)F)c3)c3cccnc3c2CCN1C1CCCCC1O. The Kier molecular flexibility index (Phi) is 5.93. The van der Waals surface area contributed by atoms with E-state index < -0.39 is 12.7 Å². The van der Waals surface area contributed by atoms with E-state index in [0.717, 1.165) is 53.3 Å². The van der Waals surface area contributed by atoms with Crippen molar-refractivity contribution in [1.82, 2.24) is 14.9 Å². The summed E-state index contributed by atoms with van der Waals surface area (Å²) in [5.41, 5.74) is 3.95. The number of nitrogens with zero attached hydrogens (tertiary/aromatic N) is 3. The third-order valence-electron chi connectivity index (χ3n) is 6.68. The van der Waals surface area contributed by atoms with Crippen LogP contribution < -0.4 is 4.74 Å². The molecule has 0 saturated heterocycles. The summed E-state index contributed by atoms with van der Waals surface area (Å²) in [5, 5.41) is 11.5. The van der Waals surface area contributed by atoms with Crippen LogP contribution in [0.15, 0.2) is 42.7 Å². The van der Waals surface area contributed by atoms with E-state index in [-0.39, 0.29) is 17.8 Å². The number of hydrogen-bond donors (Lipinski definition) is 1. The van der Waals surface area contributed by atoms with E-state index in [1.54, 1.807) is 12.3 Å². The summed E-state index contributed by atoms with van der Waals surface area (Å²) >= 11 is 0. The van der Waals surface area contributed by atoms with Gasteiger partial charge < -0.3 is 14.7 Å². The molecule has 1 aliphatic heterocycles. The normalized spacial score (nSPS) is 20.8. The maximum atomic E-state index is 13.6. The number of ether oxygens (including phenoxy) is 1. The summed E-state index contributed by atoms with van der Waals surface area (Å²) in [6.45, 7) is -2.38. The number of amides is 1. The first-order valence-electron chi connectivity index (χ1n) is 11.3. The summed E-state index contributed by atoms with van der Waals surface area (Å²) in [5.74, 6) is -0.219. The Morgan fingerprint density at radius 1 is 1.15 bits per heavy atom. The van der Waals surface area contributed by atoms with Crippen LogP contribution in [0.1, 0.15) is 52.7 Å². The topological polar surface area (TPSA) is 75.5 Å². The molecule has 2 aliphatic rings. The Balaban J connectivity index is 1.53. The summed E-state index contributed by atoms with van der Waals surface area (Å²) < 4.78 is 29.7. The maximum Gasteiger partial charge on any atom is 0.388 e. The molecule has 6 nitrogen and oxygen atoms in total. The lowest BCUT2D eigenvalue weighted by Crippen LogP contribution is -2.51. The molecule has 0 radical (unpaired) electrons. The Morgan fingerprint density at radius 2 is 2.00 bits per heavy atom. The van der Waals surface area contributed by atoms with Crippen LogP contribution in [0.3, 0.4) is 0 Å². The third kappa shape index (κ3) is 4.27. The molecule has 1 fully saturated rings. The number of carbonyl (C=O) groups excluding carboxylic acids is 1. The summed E-state index contributed by atoms with van der Waals surface area (Å²) in [6.07, 6.45) is 7.27. The maximum absolute atomic E-state index is 13.6. The van der Waals surface area contributed by atoms with Crippen LogP contribution in [0.25, 0.3) is 10.9 Å². The van der Waals surface area contributed by atoms with Crippen LogP contribution in [0, 0.1) is 0 Å². The van der Waals surface area contributed by atoms with Gasteiger partial charge in [0.05, 0.1) is 17.7 Å². The number of aliphatic hydroxyl groups is 1. The Hall–Kier alpha value is -3.13. The molecule has 2 atom stereocenters. The number of aliphatic hydroxyl groups excluding tert-OH is 1. The molecular formula is C25H25F2N3O3. The zero-order chi connectivity index (χ0) is 22.9. The van der Waals surface area contributed by atoms with Crippen molar-refractivity contribution in [3.8, 4) is 5.88 Å². The molecule has 5 rings (SSSR count). The number of halogens is 2. The average Bonchev–Trinajstić information content (AvgIpc) is 2.80. The molecule has 1 N–H and O–H groups in total. The molecule has 0 spiro atoms. The molecule has 1 amide bonds. The van der Waals surface area contributed by atoms with Gasteiger partial charge in [-0.2, -0.15) is 8.78 Å². The minimum atomic E-state index is -2.94. The van der Waals surface area contributed by atoms with Gasteiger partial charge >= 0.3 is 6.61 Å². The number of alkyl halides is 2. The lowest BCUT2D eigenvalue weighted by molar-refractivity contribution is -0.0528. The number of carbonyl (C=O) groups is 1. The van der Waals surface area contributed by atoms with Gasteiger partial charge in [0.15, 0.2) is 0 Å². The van der Waals surface area contributed by atoms with Crippen molar-refractivity contribution >= 4 is 16.8 Å². The Morgan fingerprint density at radius 3 is 2.82 bits per heavy atom. The molecule has 1 aliphatic carbocycles. The lowest BCUT2D eigenvalue weighted by atomic mass is 9.86. The average molecular weight is 453 g/mol. The standard InChI is InChI=1S/C25H25F2N3O3/c26-25(27)33-22-13-15(7-10-28-22)12-16-14-19-18(23-17(16)4-3-9-29-23)8-11-30(24(19)32)20-5-1-2-6-21(20)31/h3-4,7,9-10,13-14,20-21,25,31H,1-2,5-6,8,11-12H2. The minimum Gasteiger partial charge on any atom is -0.417 e. The molecule has 8 heteroatoms. The van der Waals surface area contributed by atoms with Gasteiger partial charge in [-0.25, -0.2) is 4.98 Å². The van der Waals surface area contributed by atoms with E-state index in [1.807, 2.05) is 23.1 Å². The molecule has 172 valence electrons. The second-order valence-corrected chi connectivity index (χ2v) is 8.69. The number of hydrogen-bond acceptors (Lipinski definition) is 5. The quantitative estimate of drug-likeness (QED) is 0.629. The zero-order valence-electron chi connectivity index (χ0n) is 18.1. The second-order valence-electron chi connectivity index (χ2n) is 8.69. The molecule has 1 aromatic carbocycles. The number of aromatic nitrogens is 2. The van der Waals surface area contributed by atoms with Gasteiger partial charge in [0, 0.05) is 36.0 Å². The second kappa shape index (κ2) is 9.02.